The van der Waals surface area contributed by atoms with Gasteiger partial charge < -0.3 is 10.2 Å². The van der Waals surface area contributed by atoms with Gasteiger partial charge in [-0.2, -0.15) is 0 Å². The normalized spacial score (nSPS) is 11.0. The summed E-state index contributed by atoms with van der Waals surface area (Å²) in [7, 11) is -2.43. The molecule has 0 saturated heterocycles. The topological polar surface area (TPSA) is 95.6 Å². The van der Waals surface area contributed by atoms with Crippen LogP contribution in [0.3, 0.4) is 0 Å². The van der Waals surface area contributed by atoms with E-state index in [0.29, 0.717) is 12.2 Å². The fourth-order valence-corrected chi connectivity index (χ4v) is 4.00. The molecular formula is C23H22FN3O4S. The zero-order valence-electron chi connectivity index (χ0n) is 17.5. The van der Waals surface area contributed by atoms with Crippen molar-refractivity contribution in [2.75, 3.05) is 17.1 Å². The first-order valence-corrected chi connectivity index (χ1v) is 11.1. The fourth-order valence-electron chi connectivity index (χ4n) is 2.89. The van der Waals surface area contributed by atoms with E-state index in [2.05, 4.69) is 10.0 Å². The quantitative estimate of drug-likeness (QED) is 0.566. The van der Waals surface area contributed by atoms with Crippen LogP contribution in [0.1, 0.15) is 22.8 Å². The summed E-state index contributed by atoms with van der Waals surface area (Å²) in [5, 5.41) is 2.72. The van der Waals surface area contributed by atoms with Crippen LogP contribution >= 0.6 is 0 Å². The summed E-state index contributed by atoms with van der Waals surface area (Å²) in [4.78, 5) is 25.5. The Bertz CT molecular complexity index is 1260. The van der Waals surface area contributed by atoms with Gasteiger partial charge >= 0.3 is 0 Å². The Labute approximate surface area is 185 Å². The SMILES string of the molecule is CC(=O)N(C)Cc1cccc(NC(=O)c2cccc(S(=O)(=O)Nc3ccccc3F)c2)c1. The molecule has 0 atom stereocenters. The second-order valence-electron chi connectivity index (χ2n) is 7.14. The van der Waals surface area contributed by atoms with E-state index in [1.165, 1.54) is 54.3 Å². The zero-order valence-corrected chi connectivity index (χ0v) is 18.3. The summed E-state index contributed by atoms with van der Waals surface area (Å²) in [6.45, 7) is 1.85. The maximum atomic E-state index is 13.8. The minimum atomic E-state index is -4.10. The second kappa shape index (κ2) is 9.61. The molecule has 0 unspecified atom stereocenters. The first kappa shape index (κ1) is 23.0. The number of hydrogen-bond donors (Lipinski definition) is 2. The summed E-state index contributed by atoms with van der Waals surface area (Å²) < 4.78 is 41.3. The largest absolute Gasteiger partial charge is 0.342 e. The Balaban J connectivity index is 1.77. The first-order chi connectivity index (χ1) is 15.2. The molecule has 0 fully saturated rings. The monoisotopic (exact) mass is 455 g/mol. The standard InChI is InChI=1S/C23H22FN3O4S/c1-16(28)27(2)15-17-7-5-9-19(13-17)25-23(29)18-8-6-10-20(14-18)32(30,31)26-22-12-4-3-11-21(22)24/h3-14,26H,15H2,1-2H3,(H,25,29). The molecule has 0 aliphatic rings. The predicted molar refractivity (Wildman–Crippen MR) is 120 cm³/mol. The van der Waals surface area contributed by atoms with Gasteiger partial charge in [-0.1, -0.05) is 30.3 Å². The molecule has 3 aromatic rings. The predicted octanol–water partition coefficient (Wildman–Crippen LogP) is 3.86. The number of sulfonamides is 1. The van der Waals surface area contributed by atoms with Crippen LogP contribution in [0, 0.1) is 5.82 Å². The average Bonchev–Trinajstić information content (AvgIpc) is 2.75. The smallest absolute Gasteiger partial charge is 0.262 e. The van der Waals surface area contributed by atoms with Crippen LogP contribution in [0.5, 0.6) is 0 Å². The van der Waals surface area contributed by atoms with Crippen molar-refractivity contribution in [2.45, 2.75) is 18.4 Å². The van der Waals surface area contributed by atoms with E-state index in [4.69, 9.17) is 0 Å². The van der Waals surface area contributed by atoms with Crippen LogP contribution in [-0.2, 0) is 21.4 Å². The Hall–Kier alpha value is -3.72. The van der Waals surface area contributed by atoms with E-state index in [1.54, 1.807) is 25.2 Å². The Morgan fingerprint density at radius 2 is 1.69 bits per heavy atom. The van der Waals surface area contributed by atoms with Gasteiger partial charge in [0.15, 0.2) is 0 Å². The summed E-state index contributed by atoms with van der Waals surface area (Å²) in [6.07, 6.45) is 0. The van der Waals surface area contributed by atoms with Crippen molar-refractivity contribution < 1.29 is 22.4 Å². The van der Waals surface area contributed by atoms with E-state index < -0.39 is 21.7 Å². The first-order valence-electron chi connectivity index (χ1n) is 9.65. The van der Waals surface area contributed by atoms with Crippen molar-refractivity contribution in [3.05, 3.63) is 89.7 Å². The van der Waals surface area contributed by atoms with Gasteiger partial charge in [0.25, 0.3) is 15.9 Å². The number of hydrogen-bond acceptors (Lipinski definition) is 4. The van der Waals surface area contributed by atoms with Crippen molar-refractivity contribution >= 4 is 33.2 Å². The van der Waals surface area contributed by atoms with Crippen LogP contribution < -0.4 is 10.0 Å². The molecule has 0 radical (unpaired) electrons. The van der Waals surface area contributed by atoms with Gasteiger partial charge in [0.1, 0.15) is 5.82 Å². The molecule has 7 nitrogen and oxygen atoms in total. The highest BCUT2D eigenvalue weighted by atomic mass is 32.2. The summed E-state index contributed by atoms with van der Waals surface area (Å²) in [5.41, 5.74) is 1.26. The molecule has 2 amide bonds. The third kappa shape index (κ3) is 5.70. The maximum absolute atomic E-state index is 13.8. The number of anilines is 2. The summed E-state index contributed by atoms with van der Waals surface area (Å²) in [5.74, 6) is -1.30. The molecule has 0 aliphatic carbocycles. The molecule has 0 bridgehead atoms. The van der Waals surface area contributed by atoms with E-state index in [9.17, 15) is 22.4 Å². The molecule has 0 saturated carbocycles. The van der Waals surface area contributed by atoms with E-state index in [0.717, 1.165) is 11.6 Å². The third-order valence-corrected chi connectivity index (χ3v) is 6.03. The highest BCUT2D eigenvalue weighted by molar-refractivity contribution is 7.92. The van der Waals surface area contributed by atoms with Crippen molar-refractivity contribution in [1.29, 1.82) is 0 Å². The number of nitrogens with one attached hydrogen (secondary N) is 2. The van der Waals surface area contributed by atoms with Gasteiger partial charge in [0.2, 0.25) is 5.91 Å². The lowest BCUT2D eigenvalue weighted by Crippen LogP contribution is -2.23. The van der Waals surface area contributed by atoms with Gasteiger partial charge in [0.05, 0.1) is 10.6 Å². The van der Waals surface area contributed by atoms with Gasteiger partial charge in [-0.05, 0) is 48.0 Å². The molecule has 9 heteroatoms. The van der Waals surface area contributed by atoms with Gasteiger partial charge in [-0.15, -0.1) is 0 Å². The van der Waals surface area contributed by atoms with E-state index >= 15 is 0 Å². The van der Waals surface area contributed by atoms with Gasteiger partial charge in [0, 0.05) is 31.8 Å². The van der Waals surface area contributed by atoms with Crippen molar-refractivity contribution in [3.8, 4) is 0 Å². The molecular weight excluding hydrogens is 433 g/mol. The Morgan fingerprint density at radius 1 is 0.969 bits per heavy atom. The lowest BCUT2D eigenvalue weighted by molar-refractivity contribution is -0.128. The molecule has 2 N–H and O–H groups in total. The van der Waals surface area contributed by atoms with Crippen LogP contribution in [0.4, 0.5) is 15.8 Å². The summed E-state index contributed by atoms with van der Waals surface area (Å²) in [6, 6.07) is 17.8. The van der Waals surface area contributed by atoms with Crippen molar-refractivity contribution in [1.82, 2.24) is 4.90 Å². The Kier molecular flexibility index (Phi) is 6.89. The van der Waals surface area contributed by atoms with E-state index in [-0.39, 0.29) is 22.1 Å². The molecule has 32 heavy (non-hydrogen) atoms. The number of para-hydroxylation sites is 1. The lowest BCUT2D eigenvalue weighted by atomic mass is 10.1. The van der Waals surface area contributed by atoms with Gasteiger partial charge in [-0.3, -0.25) is 14.3 Å². The zero-order chi connectivity index (χ0) is 23.3. The second-order valence-corrected chi connectivity index (χ2v) is 8.83. The van der Waals surface area contributed by atoms with Crippen molar-refractivity contribution in [3.63, 3.8) is 0 Å². The summed E-state index contributed by atoms with van der Waals surface area (Å²) >= 11 is 0. The van der Waals surface area contributed by atoms with Crippen LogP contribution in [0.15, 0.2) is 77.7 Å². The molecule has 0 aromatic heterocycles. The maximum Gasteiger partial charge on any atom is 0.262 e. The fraction of sp³-hybridized carbons (Fsp3) is 0.130. The lowest BCUT2D eigenvalue weighted by Gasteiger charge is -2.15. The average molecular weight is 456 g/mol. The number of amides is 2. The Morgan fingerprint density at radius 3 is 2.41 bits per heavy atom. The van der Waals surface area contributed by atoms with Crippen LogP contribution in [0.25, 0.3) is 0 Å². The molecule has 3 aromatic carbocycles. The van der Waals surface area contributed by atoms with Gasteiger partial charge in [-0.25, -0.2) is 12.8 Å². The van der Waals surface area contributed by atoms with E-state index in [1.807, 2.05) is 6.07 Å². The number of halogens is 1. The van der Waals surface area contributed by atoms with Crippen LogP contribution in [-0.4, -0.2) is 32.2 Å². The third-order valence-electron chi connectivity index (χ3n) is 4.67. The van der Waals surface area contributed by atoms with Crippen molar-refractivity contribution in [2.24, 2.45) is 0 Å². The minimum absolute atomic E-state index is 0.0820. The number of nitrogens with zero attached hydrogens (tertiary/aromatic N) is 1. The molecule has 3 rings (SSSR count). The molecule has 166 valence electrons. The minimum Gasteiger partial charge on any atom is -0.342 e. The highest BCUT2D eigenvalue weighted by Crippen LogP contribution is 2.20. The number of benzene rings is 3. The highest BCUT2D eigenvalue weighted by Gasteiger charge is 2.18. The molecule has 0 heterocycles. The number of carbonyl (C=O) groups is 2. The number of rotatable bonds is 7. The number of carbonyl (C=O) groups excluding carboxylic acids is 2. The van der Waals surface area contributed by atoms with Crippen LogP contribution in [0.2, 0.25) is 0 Å². The molecule has 0 aliphatic heterocycles. The molecule has 0 spiro atoms.